The molecule has 0 aliphatic carbocycles. The first kappa shape index (κ1) is 5.12. The minimum absolute atomic E-state index is 0.355. The molecule has 0 heterocycles. The molecule has 1 aromatic rings. The van der Waals surface area contributed by atoms with Crippen LogP contribution >= 0.6 is 11.6 Å². The summed E-state index contributed by atoms with van der Waals surface area (Å²) in [6, 6.07) is 5.64. The van der Waals surface area contributed by atoms with Crippen LogP contribution in [0.4, 0.5) is 5.69 Å². The lowest BCUT2D eigenvalue weighted by Gasteiger charge is -1.99. The molecule has 0 radical (unpaired) electrons. The zero-order chi connectivity index (χ0) is 7.56. The van der Waals surface area contributed by atoms with Crippen LogP contribution in [0.5, 0.6) is 0 Å². The van der Waals surface area contributed by atoms with E-state index in [1.54, 1.807) is 19.2 Å². The van der Waals surface area contributed by atoms with Crippen molar-refractivity contribution >= 4 is 17.3 Å². The Balaban J connectivity index is 3.14. The van der Waals surface area contributed by atoms with E-state index in [1.165, 1.54) is 0 Å². The van der Waals surface area contributed by atoms with Crippen molar-refractivity contribution in [3.8, 4) is 0 Å². The van der Waals surface area contributed by atoms with Crippen LogP contribution in [0.3, 0.4) is 0 Å². The molecule has 0 unspecified atom stereocenters. The molecule has 9 heavy (non-hydrogen) atoms. The van der Waals surface area contributed by atoms with Gasteiger partial charge < -0.3 is 5.32 Å². The Morgan fingerprint density at radius 1 is 1.67 bits per heavy atom. The van der Waals surface area contributed by atoms with Crippen molar-refractivity contribution in [2.24, 2.45) is 0 Å². The third kappa shape index (κ3) is 1.36. The van der Waals surface area contributed by atoms with Gasteiger partial charge in [-0.05, 0) is 12.1 Å². The van der Waals surface area contributed by atoms with Crippen molar-refractivity contribution in [3.05, 3.63) is 29.3 Å². The summed E-state index contributed by atoms with van der Waals surface area (Å²) in [7, 11) is 1.78. The van der Waals surface area contributed by atoms with Crippen molar-refractivity contribution in [1.82, 2.24) is 0 Å². The van der Waals surface area contributed by atoms with E-state index in [4.69, 9.17) is 13.0 Å². The zero-order valence-electron chi connectivity index (χ0n) is 6.11. The number of hydrogen-bond donors (Lipinski definition) is 1. The standard InChI is InChI=1S/C7H8ClN/c1-9-7-5-3-2-4-6(7)8/h2-5,9H,1H3/i4D. The van der Waals surface area contributed by atoms with Gasteiger partial charge in [0.05, 0.1) is 12.1 Å². The molecular weight excluding hydrogens is 134 g/mol. The number of para-hydroxylation sites is 1. The van der Waals surface area contributed by atoms with Gasteiger partial charge in [0.15, 0.2) is 0 Å². The van der Waals surface area contributed by atoms with E-state index in [2.05, 4.69) is 5.32 Å². The van der Waals surface area contributed by atoms with E-state index in [-0.39, 0.29) is 0 Å². The summed E-state index contributed by atoms with van der Waals surface area (Å²) in [5, 5.41) is 3.36. The molecular formula is C7H8ClN. The molecule has 48 valence electrons. The predicted octanol–water partition coefficient (Wildman–Crippen LogP) is 2.38. The second-order valence-corrected chi connectivity index (χ2v) is 2.03. The van der Waals surface area contributed by atoms with Crippen LogP contribution in [0.15, 0.2) is 24.2 Å². The van der Waals surface area contributed by atoms with E-state index in [0.717, 1.165) is 5.69 Å². The lowest BCUT2D eigenvalue weighted by Crippen LogP contribution is -1.86. The monoisotopic (exact) mass is 142 g/mol. The Hall–Kier alpha value is -0.690. The van der Waals surface area contributed by atoms with Crippen LogP contribution in [0, 0.1) is 0 Å². The SMILES string of the molecule is [2H]c1cccc(NC)c1Cl. The lowest BCUT2D eigenvalue weighted by atomic mass is 10.3. The maximum absolute atomic E-state index is 7.29. The Kier molecular flexibility index (Phi) is 1.56. The first-order chi connectivity index (χ1) is 4.75. The molecule has 0 atom stereocenters. The largest absolute Gasteiger partial charge is 0.387 e. The summed E-state index contributed by atoms with van der Waals surface area (Å²) < 4.78 is 7.29. The minimum Gasteiger partial charge on any atom is -0.387 e. The molecule has 0 amide bonds. The van der Waals surface area contributed by atoms with Gasteiger partial charge in [0.25, 0.3) is 0 Å². The van der Waals surface area contributed by atoms with E-state index in [9.17, 15) is 0 Å². The smallest absolute Gasteiger partial charge is 0.0639 e. The van der Waals surface area contributed by atoms with Crippen molar-refractivity contribution in [3.63, 3.8) is 0 Å². The highest BCUT2D eigenvalue weighted by Crippen LogP contribution is 2.18. The van der Waals surface area contributed by atoms with Gasteiger partial charge in [-0.3, -0.25) is 0 Å². The highest BCUT2D eigenvalue weighted by atomic mass is 35.5. The highest BCUT2D eigenvalue weighted by molar-refractivity contribution is 6.33. The molecule has 0 saturated heterocycles. The Bertz CT molecular complexity index is 237. The fraction of sp³-hybridized carbons (Fsp3) is 0.143. The van der Waals surface area contributed by atoms with Crippen molar-refractivity contribution in [2.75, 3.05) is 12.4 Å². The van der Waals surface area contributed by atoms with Gasteiger partial charge in [0.1, 0.15) is 0 Å². The Morgan fingerprint density at radius 3 is 3.00 bits per heavy atom. The van der Waals surface area contributed by atoms with E-state index < -0.39 is 0 Å². The van der Waals surface area contributed by atoms with Gasteiger partial charge in [-0.15, -0.1) is 0 Å². The van der Waals surface area contributed by atoms with Gasteiger partial charge in [0.2, 0.25) is 0 Å². The average molecular weight is 143 g/mol. The second-order valence-electron chi connectivity index (χ2n) is 1.65. The number of hydrogen-bond acceptors (Lipinski definition) is 1. The summed E-state index contributed by atoms with van der Waals surface area (Å²) in [5.41, 5.74) is 0.800. The summed E-state index contributed by atoms with van der Waals surface area (Å²) >= 11 is 5.74. The number of rotatable bonds is 1. The van der Waals surface area contributed by atoms with Crippen LogP contribution in [-0.4, -0.2) is 7.05 Å². The third-order valence-electron chi connectivity index (χ3n) is 1.07. The maximum atomic E-state index is 7.29. The van der Waals surface area contributed by atoms with Crippen molar-refractivity contribution < 1.29 is 1.37 Å². The molecule has 0 fully saturated rings. The molecule has 1 N–H and O–H groups in total. The maximum Gasteiger partial charge on any atom is 0.0639 e. The zero-order valence-corrected chi connectivity index (χ0v) is 5.87. The minimum atomic E-state index is 0.355. The first-order valence-corrected chi connectivity index (χ1v) is 3.06. The van der Waals surface area contributed by atoms with Gasteiger partial charge in [0, 0.05) is 7.05 Å². The quantitative estimate of drug-likeness (QED) is 0.635. The number of benzene rings is 1. The van der Waals surface area contributed by atoms with Gasteiger partial charge in [-0.1, -0.05) is 23.7 Å². The number of anilines is 1. The molecule has 0 saturated carbocycles. The van der Waals surface area contributed by atoms with Crippen LogP contribution in [0.1, 0.15) is 1.37 Å². The van der Waals surface area contributed by atoms with Crippen molar-refractivity contribution in [2.45, 2.75) is 0 Å². The molecule has 2 heteroatoms. The van der Waals surface area contributed by atoms with Crippen LogP contribution in [-0.2, 0) is 0 Å². The lowest BCUT2D eigenvalue weighted by molar-refractivity contribution is 1.51. The average Bonchev–Trinajstić information content (AvgIpc) is 1.95. The molecule has 0 aliphatic heterocycles. The van der Waals surface area contributed by atoms with Gasteiger partial charge >= 0.3 is 0 Å². The summed E-state index contributed by atoms with van der Waals surface area (Å²) in [5.74, 6) is 0. The predicted molar refractivity (Wildman–Crippen MR) is 41.0 cm³/mol. The van der Waals surface area contributed by atoms with E-state index >= 15 is 0 Å². The van der Waals surface area contributed by atoms with Crippen LogP contribution < -0.4 is 5.32 Å². The van der Waals surface area contributed by atoms with Gasteiger partial charge in [-0.25, -0.2) is 0 Å². The normalized spacial score (nSPS) is 10.7. The fourth-order valence-electron chi connectivity index (χ4n) is 0.610. The summed E-state index contributed by atoms with van der Waals surface area (Å²) in [6.07, 6.45) is 0. The van der Waals surface area contributed by atoms with E-state index in [0.29, 0.717) is 11.1 Å². The second kappa shape index (κ2) is 2.74. The van der Waals surface area contributed by atoms with Crippen molar-refractivity contribution in [1.29, 1.82) is 0 Å². The molecule has 1 nitrogen and oxygen atoms in total. The molecule has 1 rings (SSSR count). The third-order valence-corrected chi connectivity index (χ3v) is 1.39. The first-order valence-electron chi connectivity index (χ1n) is 3.18. The highest BCUT2D eigenvalue weighted by Gasteiger charge is 1.91. The Morgan fingerprint density at radius 2 is 2.44 bits per heavy atom. The van der Waals surface area contributed by atoms with Crippen LogP contribution in [0.25, 0.3) is 0 Å². The van der Waals surface area contributed by atoms with Gasteiger partial charge in [-0.2, -0.15) is 0 Å². The van der Waals surface area contributed by atoms with E-state index in [1.807, 2.05) is 6.07 Å². The summed E-state index contributed by atoms with van der Waals surface area (Å²) in [4.78, 5) is 0. The molecule has 0 aromatic heterocycles. The molecule has 0 aliphatic rings. The molecule has 0 bridgehead atoms. The number of nitrogens with one attached hydrogen (secondary N) is 1. The summed E-state index contributed by atoms with van der Waals surface area (Å²) in [6.45, 7) is 0. The molecule has 1 aromatic carbocycles. The fourth-order valence-corrected chi connectivity index (χ4v) is 0.830. The molecule has 0 spiro atoms. The topological polar surface area (TPSA) is 12.0 Å². The number of halogens is 1. The van der Waals surface area contributed by atoms with Crippen LogP contribution in [0.2, 0.25) is 5.02 Å². The Labute approximate surface area is 61.1 Å².